The van der Waals surface area contributed by atoms with Gasteiger partial charge in [-0.2, -0.15) is 4.98 Å². The number of benzene rings is 1. The van der Waals surface area contributed by atoms with Gasteiger partial charge >= 0.3 is 0 Å². The lowest BCUT2D eigenvalue weighted by Crippen LogP contribution is -2.14. The highest BCUT2D eigenvalue weighted by Gasteiger charge is 2.07. The lowest BCUT2D eigenvalue weighted by molar-refractivity contribution is 0.874. The third kappa shape index (κ3) is 4.29. The average Bonchev–Trinajstić information content (AvgIpc) is 2.61. The molecular formula is C19H21N5. The number of rotatable bonds is 6. The number of nitrogens with zero attached hydrogens (tertiary/aromatic N) is 3. The summed E-state index contributed by atoms with van der Waals surface area (Å²) in [5.41, 5.74) is 3.12. The summed E-state index contributed by atoms with van der Waals surface area (Å²) < 4.78 is 0. The first kappa shape index (κ1) is 15.9. The molecular weight excluding hydrogens is 298 g/mol. The molecule has 0 spiro atoms. The van der Waals surface area contributed by atoms with Gasteiger partial charge in [-0.15, -0.1) is 0 Å². The number of aromatic nitrogens is 3. The van der Waals surface area contributed by atoms with Crippen molar-refractivity contribution in [3.05, 3.63) is 66.5 Å². The fourth-order valence-corrected chi connectivity index (χ4v) is 2.31. The van der Waals surface area contributed by atoms with Gasteiger partial charge in [-0.05, 0) is 31.5 Å². The summed E-state index contributed by atoms with van der Waals surface area (Å²) in [6.07, 6.45) is 3.58. The van der Waals surface area contributed by atoms with Crippen LogP contribution in [0.4, 0.5) is 11.8 Å². The van der Waals surface area contributed by atoms with Crippen LogP contribution in [0.15, 0.2) is 60.9 Å². The van der Waals surface area contributed by atoms with E-state index in [1.54, 1.807) is 12.4 Å². The van der Waals surface area contributed by atoms with E-state index in [4.69, 9.17) is 0 Å². The van der Waals surface area contributed by atoms with Gasteiger partial charge in [0.1, 0.15) is 5.82 Å². The Bertz CT molecular complexity index is 772. The molecule has 3 aromatic rings. The van der Waals surface area contributed by atoms with Crippen LogP contribution >= 0.6 is 0 Å². The monoisotopic (exact) mass is 319 g/mol. The quantitative estimate of drug-likeness (QED) is 0.720. The first-order valence-corrected chi connectivity index (χ1v) is 8.04. The van der Waals surface area contributed by atoms with Crippen molar-refractivity contribution in [1.29, 1.82) is 0 Å². The van der Waals surface area contributed by atoms with E-state index in [9.17, 15) is 0 Å². The molecule has 5 nitrogen and oxygen atoms in total. The molecule has 0 bridgehead atoms. The zero-order valence-electron chi connectivity index (χ0n) is 13.9. The molecule has 2 N–H and O–H groups in total. The molecule has 0 aliphatic rings. The number of pyridine rings is 1. The van der Waals surface area contributed by atoms with Crippen molar-refractivity contribution in [2.45, 2.75) is 26.4 Å². The van der Waals surface area contributed by atoms with Crippen LogP contribution < -0.4 is 10.6 Å². The van der Waals surface area contributed by atoms with E-state index < -0.39 is 0 Å². The number of hydrogen-bond acceptors (Lipinski definition) is 5. The van der Waals surface area contributed by atoms with E-state index in [1.165, 1.54) is 0 Å². The predicted molar refractivity (Wildman–Crippen MR) is 97.8 cm³/mol. The third-order valence-electron chi connectivity index (χ3n) is 3.44. The number of hydrogen-bond donors (Lipinski definition) is 2. The molecule has 1 aromatic carbocycles. The maximum Gasteiger partial charge on any atom is 0.225 e. The molecule has 0 radical (unpaired) electrons. The highest BCUT2D eigenvalue weighted by molar-refractivity contribution is 5.64. The Morgan fingerprint density at radius 3 is 2.42 bits per heavy atom. The van der Waals surface area contributed by atoms with E-state index in [2.05, 4.69) is 39.4 Å². The van der Waals surface area contributed by atoms with Crippen LogP contribution in [0, 0.1) is 0 Å². The summed E-state index contributed by atoms with van der Waals surface area (Å²) in [4.78, 5) is 13.2. The second-order valence-electron chi connectivity index (χ2n) is 5.84. The average molecular weight is 319 g/mol. The Morgan fingerprint density at radius 1 is 0.958 bits per heavy atom. The van der Waals surface area contributed by atoms with Gasteiger partial charge in [0, 0.05) is 36.6 Å². The predicted octanol–water partition coefficient (Wildman–Crippen LogP) is 3.97. The van der Waals surface area contributed by atoms with Crippen LogP contribution in [0.2, 0.25) is 0 Å². The Balaban J connectivity index is 1.87. The lowest BCUT2D eigenvalue weighted by Gasteiger charge is -2.13. The van der Waals surface area contributed by atoms with Crippen molar-refractivity contribution in [1.82, 2.24) is 15.0 Å². The van der Waals surface area contributed by atoms with Crippen molar-refractivity contribution in [3.63, 3.8) is 0 Å². The fourth-order valence-electron chi connectivity index (χ4n) is 2.31. The second-order valence-corrected chi connectivity index (χ2v) is 5.84. The minimum Gasteiger partial charge on any atom is -0.366 e. The second kappa shape index (κ2) is 7.55. The van der Waals surface area contributed by atoms with Gasteiger partial charge in [0.05, 0.1) is 5.69 Å². The molecule has 0 amide bonds. The van der Waals surface area contributed by atoms with E-state index in [1.807, 2.05) is 48.5 Å². The number of nitrogens with one attached hydrogen (secondary N) is 2. The minimum atomic E-state index is 0.268. The fraction of sp³-hybridized carbons (Fsp3) is 0.211. The van der Waals surface area contributed by atoms with Crippen molar-refractivity contribution < 1.29 is 0 Å². The summed E-state index contributed by atoms with van der Waals surface area (Å²) in [5, 5.41) is 6.65. The van der Waals surface area contributed by atoms with Gasteiger partial charge in [0.25, 0.3) is 0 Å². The molecule has 0 aliphatic heterocycles. The van der Waals surface area contributed by atoms with Crippen molar-refractivity contribution in [3.8, 4) is 11.3 Å². The van der Waals surface area contributed by atoms with E-state index in [0.717, 1.165) is 22.6 Å². The molecule has 2 aromatic heterocycles. The molecule has 0 saturated heterocycles. The van der Waals surface area contributed by atoms with Gasteiger partial charge in [0.2, 0.25) is 5.95 Å². The molecule has 0 saturated carbocycles. The van der Waals surface area contributed by atoms with Crippen LogP contribution in [-0.4, -0.2) is 21.0 Å². The zero-order chi connectivity index (χ0) is 16.8. The van der Waals surface area contributed by atoms with Crippen LogP contribution in [0.25, 0.3) is 11.3 Å². The summed E-state index contributed by atoms with van der Waals surface area (Å²) in [6.45, 7) is 4.83. The topological polar surface area (TPSA) is 62.7 Å². The highest BCUT2D eigenvalue weighted by atomic mass is 15.1. The third-order valence-corrected chi connectivity index (χ3v) is 3.44. The first-order valence-electron chi connectivity index (χ1n) is 8.04. The van der Waals surface area contributed by atoms with Gasteiger partial charge in [-0.3, -0.25) is 4.98 Å². The van der Waals surface area contributed by atoms with Crippen LogP contribution in [0.1, 0.15) is 19.4 Å². The molecule has 2 heterocycles. The molecule has 0 unspecified atom stereocenters. The SMILES string of the molecule is CC(C)Nc1nc(NCc2ccncc2)cc(-c2ccccc2)n1. The molecule has 24 heavy (non-hydrogen) atoms. The largest absolute Gasteiger partial charge is 0.366 e. The maximum absolute atomic E-state index is 4.63. The molecule has 0 fully saturated rings. The Hall–Kier alpha value is -2.95. The smallest absolute Gasteiger partial charge is 0.225 e. The van der Waals surface area contributed by atoms with E-state index >= 15 is 0 Å². The standard InChI is InChI=1S/C19H21N5/c1-14(2)22-19-23-17(16-6-4-3-5-7-16)12-18(24-19)21-13-15-8-10-20-11-9-15/h3-12,14H,13H2,1-2H3,(H2,21,22,23,24). The highest BCUT2D eigenvalue weighted by Crippen LogP contribution is 2.22. The Morgan fingerprint density at radius 2 is 1.71 bits per heavy atom. The van der Waals surface area contributed by atoms with Crippen molar-refractivity contribution >= 4 is 11.8 Å². The van der Waals surface area contributed by atoms with Gasteiger partial charge in [0.15, 0.2) is 0 Å². The van der Waals surface area contributed by atoms with Crippen LogP contribution in [0.5, 0.6) is 0 Å². The summed E-state index contributed by atoms with van der Waals surface area (Å²) >= 11 is 0. The molecule has 0 aliphatic carbocycles. The van der Waals surface area contributed by atoms with E-state index in [-0.39, 0.29) is 6.04 Å². The van der Waals surface area contributed by atoms with Crippen LogP contribution in [-0.2, 0) is 6.54 Å². The molecule has 122 valence electrons. The van der Waals surface area contributed by atoms with Gasteiger partial charge < -0.3 is 10.6 Å². The summed E-state index contributed by atoms with van der Waals surface area (Å²) in [6, 6.07) is 16.3. The van der Waals surface area contributed by atoms with Gasteiger partial charge in [-0.1, -0.05) is 30.3 Å². The molecule has 0 atom stereocenters. The summed E-state index contributed by atoms with van der Waals surface area (Å²) in [7, 11) is 0. The van der Waals surface area contributed by atoms with Crippen molar-refractivity contribution in [2.24, 2.45) is 0 Å². The zero-order valence-corrected chi connectivity index (χ0v) is 13.9. The van der Waals surface area contributed by atoms with Crippen LogP contribution in [0.3, 0.4) is 0 Å². The molecule has 5 heteroatoms. The first-order chi connectivity index (χ1) is 11.7. The van der Waals surface area contributed by atoms with Gasteiger partial charge in [-0.25, -0.2) is 4.98 Å². The maximum atomic E-state index is 4.63. The van der Waals surface area contributed by atoms with E-state index in [0.29, 0.717) is 12.5 Å². The lowest BCUT2D eigenvalue weighted by atomic mass is 10.1. The normalized spacial score (nSPS) is 10.6. The minimum absolute atomic E-state index is 0.268. The van der Waals surface area contributed by atoms with Crippen molar-refractivity contribution in [2.75, 3.05) is 10.6 Å². The summed E-state index contributed by atoms with van der Waals surface area (Å²) in [5.74, 6) is 1.42. The number of anilines is 2. The Labute approximate surface area is 142 Å². The Kier molecular flexibility index (Phi) is 5.01. The molecule has 3 rings (SSSR count).